The van der Waals surface area contributed by atoms with Crippen LogP contribution in [0.15, 0.2) is 23.4 Å². The Bertz CT molecular complexity index is 459. The lowest BCUT2D eigenvalue weighted by Gasteiger charge is -2.23. The number of nitrogens with zero attached hydrogens (tertiary/aromatic N) is 1. The highest BCUT2D eigenvalue weighted by atomic mass is 19.1. The van der Waals surface area contributed by atoms with Gasteiger partial charge in [-0.3, -0.25) is 0 Å². The first-order valence-electron chi connectivity index (χ1n) is 6.27. The molecule has 1 aromatic carbocycles. The molecule has 1 unspecified atom stereocenters. The third kappa shape index (κ3) is 3.90. The Morgan fingerprint density at radius 2 is 2.37 bits per heavy atom. The van der Waals surface area contributed by atoms with E-state index in [-0.39, 0.29) is 5.84 Å². The van der Waals surface area contributed by atoms with Gasteiger partial charge in [-0.2, -0.15) is 0 Å². The number of halogens is 1. The normalized spacial score (nSPS) is 20.5. The molecule has 1 aromatic rings. The largest absolute Gasteiger partial charge is 0.409 e. The SMILES string of the molecule is N/C(=N/O)c1cc(F)cc(CNC2CCCOC2)c1. The molecule has 2 rings (SSSR count). The van der Waals surface area contributed by atoms with E-state index in [1.54, 1.807) is 6.07 Å². The van der Waals surface area contributed by atoms with E-state index >= 15 is 0 Å². The van der Waals surface area contributed by atoms with Crippen molar-refractivity contribution in [2.45, 2.75) is 25.4 Å². The molecule has 0 aliphatic carbocycles. The van der Waals surface area contributed by atoms with E-state index in [0.29, 0.717) is 24.8 Å². The van der Waals surface area contributed by atoms with Crippen LogP contribution in [0.25, 0.3) is 0 Å². The van der Waals surface area contributed by atoms with Crippen molar-refractivity contribution in [2.75, 3.05) is 13.2 Å². The fourth-order valence-electron chi connectivity index (χ4n) is 2.12. The van der Waals surface area contributed by atoms with Crippen LogP contribution < -0.4 is 11.1 Å². The minimum Gasteiger partial charge on any atom is -0.409 e. The smallest absolute Gasteiger partial charge is 0.170 e. The molecule has 0 bridgehead atoms. The molecule has 0 radical (unpaired) electrons. The van der Waals surface area contributed by atoms with E-state index in [1.165, 1.54) is 12.1 Å². The average molecular weight is 267 g/mol. The summed E-state index contributed by atoms with van der Waals surface area (Å²) in [6, 6.07) is 4.67. The molecule has 1 heterocycles. The first kappa shape index (κ1) is 13.8. The topological polar surface area (TPSA) is 79.9 Å². The molecule has 1 aliphatic rings. The van der Waals surface area contributed by atoms with Crippen LogP contribution in [0.2, 0.25) is 0 Å². The maximum Gasteiger partial charge on any atom is 0.170 e. The molecule has 19 heavy (non-hydrogen) atoms. The van der Waals surface area contributed by atoms with Crippen LogP contribution in [-0.4, -0.2) is 30.3 Å². The number of hydrogen-bond acceptors (Lipinski definition) is 4. The van der Waals surface area contributed by atoms with Crippen molar-refractivity contribution in [3.63, 3.8) is 0 Å². The van der Waals surface area contributed by atoms with Crippen LogP contribution in [0, 0.1) is 5.82 Å². The highest BCUT2D eigenvalue weighted by Gasteiger charge is 2.13. The Morgan fingerprint density at radius 3 is 3.05 bits per heavy atom. The van der Waals surface area contributed by atoms with Gasteiger partial charge in [-0.15, -0.1) is 0 Å². The summed E-state index contributed by atoms with van der Waals surface area (Å²) < 4.78 is 18.8. The zero-order valence-corrected chi connectivity index (χ0v) is 10.6. The van der Waals surface area contributed by atoms with Crippen molar-refractivity contribution >= 4 is 5.84 Å². The molecule has 1 fully saturated rings. The van der Waals surface area contributed by atoms with Crippen molar-refractivity contribution in [2.24, 2.45) is 10.9 Å². The predicted molar refractivity (Wildman–Crippen MR) is 69.6 cm³/mol. The first-order chi connectivity index (χ1) is 9.19. The van der Waals surface area contributed by atoms with Crippen molar-refractivity contribution in [3.05, 3.63) is 35.1 Å². The Morgan fingerprint density at radius 1 is 1.53 bits per heavy atom. The molecule has 0 aromatic heterocycles. The maximum absolute atomic E-state index is 13.4. The lowest BCUT2D eigenvalue weighted by Crippen LogP contribution is -2.36. The minimum atomic E-state index is -0.402. The molecular weight excluding hydrogens is 249 g/mol. The van der Waals surface area contributed by atoms with Gasteiger partial charge < -0.3 is 21.0 Å². The summed E-state index contributed by atoms with van der Waals surface area (Å²) >= 11 is 0. The highest BCUT2D eigenvalue weighted by Crippen LogP contribution is 2.11. The number of rotatable bonds is 4. The monoisotopic (exact) mass is 267 g/mol. The van der Waals surface area contributed by atoms with Gasteiger partial charge in [0.2, 0.25) is 0 Å². The number of nitrogens with two attached hydrogens (primary N) is 1. The number of ether oxygens (including phenoxy) is 1. The molecule has 6 heteroatoms. The van der Waals surface area contributed by atoms with Crippen molar-refractivity contribution in [3.8, 4) is 0 Å². The van der Waals surface area contributed by atoms with Crippen LogP contribution in [0.5, 0.6) is 0 Å². The number of hydrogen-bond donors (Lipinski definition) is 3. The van der Waals surface area contributed by atoms with Crippen LogP contribution in [0.1, 0.15) is 24.0 Å². The van der Waals surface area contributed by atoms with Gasteiger partial charge in [-0.1, -0.05) is 5.16 Å². The first-order valence-corrected chi connectivity index (χ1v) is 6.27. The quantitative estimate of drug-likeness (QED) is 0.331. The second-order valence-electron chi connectivity index (χ2n) is 4.63. The lowest BCUT2D eigenvalue weighted by molar-refractivity contribution is 0.0699. The third-order valence-electron chi connectivity index (χ3n) is 3.12. The van der Waals surface area contributed by atoms with Crippen LogP contribution in [0.3, 0.4) is 0 Å². The van der Waals surface area contributed by atoms with Crippen LogP contribution in [-0.2, 0) is 11.3 Å². The molecule has 1 atom stereocenters. The molecule has 0 spiro atoms. The van der Waals surface area contributed by atoms with Crippen molar-refractivity contribution in [1.29, 1.82) is 0 Å². The summed E-state index contributed by atoms with van der Waals surface area (Å²) in [6.45, 7) is 2.02. The highest BCUT2D eigenvalue weighted by molar-refractivity contribution is 5.97. The molecule has 4 N–H and O–H groups in total. The maximum atomic E-state index is 13.4. The standard InChI is InChI=1S/C13H18FN3O2/c14-11-5-9(4-10(6-11)13(15)17-18)7-16-12-2-1-3-19-8-12/h4-6,12,16,18H,1-3,7-8H2,(H2,15,17). The van der Waals surface area contributed by atoms with Gasteiger partial charge in [0.1, 0.15) is 5.82 Å². The van der Waals surface area contributed by atoms with Gasteiger partial charge in [0.25, 0.3) is 0 Å². The van der Waals surface area contributed by atoms with Gasteiger partial charge in [0, 0.05) is 24.8 Å². The Hall–Kier alpha value is -1.66. The fourth-order valence-corrected chi connectivity index (χ4v) is 2.12. The Balaban J connectivity index is 2.01. The van der Waals surface area contributed by atoms with Gasteiger partial charge in [-0.05, 0) is 36.6 Å². The summed E-state index contributed by atoms with van der Waals surface area (Å²) in [5.41, 5.74) is 6.59. The number of oxime groups is 1. The molecule has 5 nitrogen and oxygen atoms in total. The number of nitrogens with one attached hydrogen (secondary N) is 1. The van der Waals surface area contributed by atoms with E-state index in [2.05, 4.69) is 10.5 Å². The van der Waals surface area contributed by atoms with Gasteiger partial charge in [0.15, 0.2) is 5.84 Å². The summed E-state index contributed by atoms with van der Waals surface area (Å²) in [5, 5.41) is 14.8. The Kier molecular flexibility index (Phi) is 4.70. The zero-order chi connectivity index (χ0) is 13.7. The van der Waals surface area contributed by atoms with E-state index in [9.17, 15) is 4.39 Å². The van der Waals surface area contributed by atoms with Crippen molar-refractivity contribution < 1.29 is 14.3 Å². The third-order valence-corrected chi connectivity index (χ3v) is 3.12. The Labute approximate surface area is 111 Å². The summed E-state index contributed by atoms with van der Waals surface area (Å²) in [5.74, 6) is -0.498. The van der Waals surface area contributed by atoms with Crippen LogP contribution in [0.4, 0.5) is 4.39 Å². The van der Waals surface area contributed by atoms with E-state index in [4.69, 9.17) is 15.7 Å². The second-order valence-corrected chi connectivity index (χ2v) is 4.63. The van der Waals surface area contributed by atoms with E-state index in [1.807, 2.05) is 0 Å². The van der Waals surface area contributed by atoms with Gasteiger partial charge in [0.05, 0.1) is 6.61 Å². The minimum absolute atomic E-state index is 0.0956. The molecule has 1 aliphatic heterocycles. The molecule has 1 saturated heterocycles. The van der Waals surface area contributed by atoms with E-state index < -0.39 is 5.82 Å². The summed E-state index contributed by atoms with van der Waals surface area (Å²) in [7, 11) is 0. The average Bonchev–Trinajstić information content (AvgIpc) is 2.45. The second kappa shape index (κ2) is 6.49. The predicted octanol–water partition coefficient (Wildman–Crippen LogP) is 1.19. The summed E-state index contributed by atoms with van der Waals surface area (Å²) in [6.07, 6.45) is 2.10. The lowest BCUT2D eigenvalue weighted by atomic mass is 10.1. The molecular formula is C13H18FN3O2. The van der Waals surface area contributed by atoms with E-state index in [0.717, 1.165) is 25.0 Å². The number of amidine groups is 1. The molecule has 0 saturated carbocycles. The fraction of sp³-hybridized carbons (Fsp3) is 0.462. The molecule has 0 amide bonds. The summed E-state index contributed by atoms with van der Waals surface area (Å²) in [4.78, 5) is 0. The zero-order valence-electron chi connectivity index (χ0n) is 10.6. The van der Waals surface area contributed by atoms with Gasteiger partial charge >= 0.3 is 0 Å². The number of benzene rings is 1. The molecule has 104 valence electrons. The van der Waals surface area contributed by atoms with Crippen molar-refractivity contribution in [1.82, 2.24) is 5.32 Å². The van der Waals surface area contributed by atoms with Crippen LogP contribution >= 0.6 is 0 Å². The van der Waals surface area contributed by atoms with Gasteiger partial charge in [-0.25, -0.2) is 4.39 Å².